The SMILES string of the molecule is CCc1nc2cc(NC(C)c3ccccc3Cl)ccc2o1. The molecule has 0 aliphatic heterocycles. The van der Waals surface area contributed by atoms with E-state index in [0.29, 0.717) is 0 Å². The largest absolute Gasteiger partial charge is 0.441 e. The first-order chi connectivity index (χ1) is 10.2. The predicted octanol–water partition coefficient (Wildman–Crippen LogP) is 5.22. The molecule has 1 heterocycles. The first kappa shape index (κ1) is 14.0. The Kier molecular flexibility index (Phi) is 3.84. The van der Waals surface area contributed by atoms with Gasteiger partial charge in [0.05, 0.1) is 0 Å². The van der Waals surface area contributed by atoms with Crippen molar-refractivity contribution < 1.29 is 4.42 Å². The van der Waals surface area contributed by atoms with Crippen molar-refractivity contribution in [1.82, 2.24) is 4.98 Å². The van der Waals surface area contributed by atoms with E-state index in [1.807, 2.05) is 49.4 Å². The summed E-state index contributed by atoms with van der Waals surface area (Å²) < 4.78 is 5.62. The van der Waals surface area contributed by atoms with E-state index >= 15 is 0 Å². The van der Waals surface area contributed by atoms with E-state index in [1.165, 1.54) is 0 Å². The van der Waals surface area contributed by atoms with Crippen LogP contribution in [0.4, 0.5) is 5.69 Å². The summed E-state index contributed by atoms with van der Waals surface area (Å²) in [5.74, 6) is 0.765. The third kappa shape index (κ3) is 2.88. The molecule has 3 aromatic rings. The molecule has 0 bridgehead atoms. The Morgan fingerprint density at radius 1 is 1.24 bits per heavy atom. The summed E-state index contributed by atoms with van der Waals surface area (Å²) in [6.07, 6.45) is 0.799. The van der Waals surface area contributed by atoms with E-state index < -0.39 is 0 Å². The number of nitrogens with zero attached hydrogens (tertiary/aromatic N) is 1. The lowest BCUT2D eigenvalue weighted by atomic mass is 10.1. The van der Waals surface area contributed by atoms with Crippen LogP contribution in [0.1, 0.15) is 31.3 Å². The van der Waals surface area contributed by atoms with E-state index in [2.05, 4.69) is 17.2 Å². The van der Waals surface area contributed by atoms with Crippen molar-refractivity contribution in [2.24, 2.45) is 0 Å². The zero-order valence-electron chi connectivity index (χ0n) is 12.1. The Hall–Kier alpha value is -2.00. The second-order valence-corrected chi connectivity index (χ2v) is 5.44. The number of anilines is 1. The van der Waals surface area contributed by atoms with Crippen molar-refractivity contribution in [2.75, 3.05) is 5.32 Å². The summed E-state index contributed by atoms with van der Waals surface area (Å²) in [7, 11) is 0. The lowest BCUT2D eigenvalue weighted by Crippen LogP contribution is -2.06. The minimum absolute atomic E-state index is 0.119. The highest BCUT2D eigenvalue weighted by Crippen LogP contribution is 2.27. The van der Waals surface area contributed by atoms with Gasteiger partial charge in [0.1, 0.15) is 5.52 Å². The maximum absolute atomic E-state index is 6.24. The van der Waals surface area contributed by atoms with Gasteiger partial charge in [-0.05, 0) is 36.8 Å². The van der Waals surface area contributed by atoms with Crippen LogP contribution in [0.25, 0.3) is 11.1 Å². The minimum atomic E-state index is 0.119. The number of rotatable bonds is 4. The van der Waals surface area contributed by atoms with Crippen LogP contribution in [-0.4, -0.2) is 4.98 Å². The van der Waals surface area contributed by atoms with Crippen LogP contribution in [0.5, 0.6) is 0 Å². The molecule has 4 heteroatoms. The quantitative estimate of drug-likeness (QED) is 0.718. The summed E-state index contributed by atoms with van der Waals surface area (Å²) in [6.45, 7) is 4.12. The van der Waals surface area contributed by atoms with Crippen LogP contribution in [0, 0.1) is 0 Å². The van der Waals surface area contributed by atoms with Gasteiger partial charge in [-0.2, -0.15) is 0 Å². The topological polar surface area (TPSA) is 38.1 Å². The first-order valence-electron chi connectivity index (χ1n) is 7.08. The molecule has 1 atom stereocenters. The highest BCUT2D eigenvalue weighted by Gasteiger charge is 2.10. The standard InChI is InChI=1S/C17H17ClN2O/c1-3-17-20-15-10-12(8-9-16(15)21-17)19-11(2)13-6-4-5-7-14(13)18/h4-11,19H,3H2,1-2H3. The van der Waals surface area contributed by atoms with Crippen LogP contribution in [0.3, 0.4) is 0 Å². The zero-order chi connectivity index (χ0) is 14.8. The molecule has 1 aromatic heterocycles. The number of hydrogen-bond donors (Lipinski definition) is 1. The Morgan fingerprint density at radius 3 is 2.81 bits per heavy atom. The molecule has 0 amide bonds. The van der Waals surface area contributed by atoms with Crippen molar-refractivity contribution in [2.45, 2.75) is 26.3 Å². The number of oxazole rings is 1. The average molecular weight is 301 g/mol. The van der Waals surface area contributed by atoms with Gasteiger partial charge in [0, 0.05) is 23.2 Å². The molecule has 0 radical (unpaired) electrons. The maximum atomic E-state index is 6.24. The Labute approximate surface area is 128 Å². The number of halogens is 1. The zero-order valence-corrected chi connectivity index (χ0v) is 12.8. The third-order valence-corrected chi connectivity index (χ3v) is 3.83. The predicted molar refractivity (Wildman–Crippen MR) is 86.9 cm³/mol. The smallest absolute Gasteiger partial charge is 0.195 e. The maximum Gasteiger partial charge on any atom is 0.195 e. The summed E-state index contributed by atoms with van der Waals surface area (Å²) >= 11 is 6.24. The summed E-state index contributed by atoms with van der Waals surface area (Å²) in [5, 5.41) is 4.22. The van der Waals surface area contributed by atoms with Gasteiger partial charge in [0.2, 0.25) is 0 Å². The van der Waals surface area contributed by atoms with Gasteiger partial charge in [-0.3, -0.25) is 0 Å². The van der Waals surface area contributed by atoms with E-state index in [9.17, 15) is 0 Å². The lowest BCUT2D eigenvalue weighted by molar-refractivity contribution is 0.538. The van der Waals surface area contributed by atoms with Crippen LogP contribution in [0.2, 0.25) is 5.02 Å². The second kappa shape index (κ2) is 5.78. The summed E-state index contributed by atoms with van der Waals surface area (Å²) in [6, 6.07) is 13.9. The molecule has 0 fully saturated rings. The van der Waals surface area contributed by atoms with Gasteiger partial charge in [0.25, 0.3) is 0 Å². The van der Waals surface area contributed by atoms with Gasteiger partial charge in [-0.25, -0.2) is 4.98 Å². The number of aromatic nitrogens is 1. The molecule has 108 valence electrons. The molecule has 0 aliphatic carbocycles. The second-order valence-electron chi connectivity index (χ2n) is 5.03. The van der Waals surface area contributed by atoms with Crippen molar-refractivity contribution in [3.05, 3.63) is 58.9 Å². The van der Waals surface area contributed by atoms with Crippen molar-refractivity contribution in [1.29, 1.82) is 0 Å². The van der Waals surface area contributed by atoms with Gasteiger partial charge >= 0.3 is 0 Å². The molecule has 1 N–H and O–H groups in total. The summed E-state index contributed by atoms with van der Waals surface area (Å²) in [5.41, 5.74) is 3.78. The highest BCUT2D eigenvalue weighted by molar-refractivity contribution is 6.31. The number of benzene rings is 2. The fourth-order valence-corrected chi connectivity index (χ4v) is 2.67. The molecule has 1 unspecified atom stereocenters. The fraction of sp³-hybridized carbons (Fsp3) is 0.235. The molecular weight excluding hydrogens is 284 g/mol. The Bertz CT molecular complexity index is 766. The molecule has 2 aromatic carbocycles. The molecule has 0 spiro atoms. The van der Waals surface area contributed by atoms with Crippen molar-refractivity contribution in [3.63, 3.8) is 0 Å². The monoisotopic (exact) mass is 300 g/mol. The molecular formula is C17H17ClN2O. The van der Waals surface area contributed by atoms with Gasteiger partial charge in [-0.15, -0.1) is 0 Å². The fourth-order valence-electron chi connectivity index (χ4n) is 2.37. The number of aryl methyl sites for hydroxylation is 1. The lowest BCUT2D eigenvalue weighted by Gasteiger charge is -2.16. The Morgan fingerprint density at radius 2 is 2.05 bits per heavy atom. The van der Waals surface area contributed by atoms with Crippen LogP contribution in [0.15, 0.2) is 46.9 Å². The van der Waals surface area contributed by atoms with Crippen LogP contribution >= 0.6 is 11.6 Å². The van der Waals surface area contributed by atoms with Gasteiger partial charge in [-0.1, -0.05) is 36.7 Å². The molecule has 0 saturated heterocycles. The van der Waals surface area contributed by atoms with Crippen LogP contribution in [-0.2, 0) is 6.42 Å². The van der Waals surface area contributed by atoms with Crippen molar-refractivity contribution >= 4 is 28.4 Å². The molecule has 21 heavy (non-hydrogen) atoms. The third-order valence-electron chi connectivity index (χ3n) is 3.49. The minimum Gasteiger partial charge on any atom is -0.441 e. The Balaban J connectivity index is 1.86. The number of hydrogen-bond acceptors (Lipinski definition) is 3. The van der Waals surface area contributed by atoms with Gasteiger partial charge < -0.3 is 9.73 Å². The molecule has 0 aliphatic rings. The average Bonchev–Trinajstić information content (AvgIpc) is 2.90. The molecule has 0 saturated carbocycles. The van der Waals surface area contributed by atoms with E-state index in [-0.39, 0.29) is 6.04 Å². The highest BCUT2D eigenvalue weighted by atomic mass is 35.5. The van der Waals surface area contributed by atoms with E-state index in [1.54, 1.807) is 0 Å². The van der Waals surface area contributed by atoms with Crippen LogP contribution < -0.4 is 5.32 Å². The molecule has 3 nitrogen and oxygen atoms in total. The van der Waals surface area contributed by atoms with E-state index in [0.717, 1.165) is 39.7 Å². The first-order valence-corrected chi connectivity index (χ1v) is 7.45. The van der Waals surface area contributed by atoms with Gasteiger partial charge in [0.15, 0.2) is 11.5 Å². The number of fused-ring (bicyclic) bond motifs is 1. The van der Waals surface area contributed by atoms with Crippen molar-refractivity contribution in [3.8, 4) is 0 Å². The number of nitrogens with one attached hydrogen (secondary N) is 1. The summed E-state index contributed by atoms with van der Waals surface area (Å²) in [4.78, 5) is 4.46. The normalized spacial score (nSPS) is 12.5. The van der Waals surface area contributed by atoms with E-state index in [4.69, 9.17) is 16.0 Å². The molecule has 3 rings (SSSR count).